The van der Waals surface area contributed by atoms with Crippen LogP contribution in [-0.2, 0) is 4.79 Å². The van der Waals surface area contributed by atoms with Gasteiger partial charge in [-0.05, 0) is 28.9 Å². The monoisotopic (exact) mass is 265 g/mol. The van der Waals surface area contributed by atoms with E-state index in [2.05, 4.69) is 20.9 Å². The zero-order valence-corrected chi connectivity index (χ0v) is 9.33. The molecule has 0 N–H and O–H groups in total. The molecule has 0 fully saturated rings. The molecule has 5 heteroatoms. The highest BCUT2D eigenvalue weighted by atomic mass is 79.9. The Balaban J connectivity index is 2.95. The van der Waals surface area contributed by atoms with Gasteiger partial charge in [-0.15, -0.1) is 11.3 Å². The Kier molecular flexibility index (Phi) is 3.47. The van der Waals surface area contributed by atoms with Crippen molar-refractivity contribution in [3.8, 4) is 0 Å². The van der Waals surface area contributed by atoms with Crippen molar-refractivity contribution < 1.29 is 4.79 Å². The van der Waals surface area contributed by atoms with Crippen LogP contribution in [0.1, 0.15) is 17.8 Å². The van der Waals surface area contributed by atoms with Crippen LogP contribution in [0.4, 0.5) is 0 Å². The van der Waals surface area contributed by atoms with Crippen LogP contribution in [0.15, 0.2) is 15.5 Å². The van der Waals surface area contributed by atoms with E-state index in [0.717, 1.165) is 9.35 Å². The molecule has 0 aliphatic rings. The van der Waals surface area contributed by atoms with Gasteiger partial charge in [-0.2, -0.15) is 4.99 Å². The number of halogens is 2. The van der Waals surface area contributed by atoms with E-state index in [0.29, 0.717) is 4.34 Å². The second kappa shape index (κ2) is 4.19. The molecule has 2 nitrogen and oxygen atoms in total. The van der Waals surface area contributed by atoms with Crippen LogP contribution in [0.5, 0.6) is 0 Å². The Hall–Kier alpha value is -0.150. The zero-order chi connectivity index (χ0) is 9.14. The number of hydrogen-bond donors (Lipinski definition) is 0. The average molecular weight is 267 g/mol. The van der Waals surface area contributed by atoms with Gasteiger partial charge < -0.3 is 0 Å². The third-order valence-corrected chi connectivity index (χ3v) is 3.97. The van der Waals surface area contributed by atoms with E-state index in [1.165, 1.54) is 17.4 Å². The molecule has 0 saturated carbocycles. The van der Waals surface area contributed by atoms with Gasteiger partial charge in [0, 0.05) is 9.35 Å². The first kappa shape index (κ1) is 9.93. The van der Waals surface area contributed by atoms with Crippen LogP contribution < -0.4 is 0 Å². The summed E-state index contributed by atoms with van der Waals surface area (Å²) in [5.41, 5.74) is 0. The van der Waals surface area contributed by atoms with Gasteiger partial charge in [0.15, 0.2) is 0 Å². The van der Waals surface area contributed by atoms with Crippen LogP contribution in [0.2, 0.25) is 4.34 Å². The maximum atomic E-state index is 9.95. The lowest BCUT2D eigenvalue weighted by molar-refractivity contribution is 0.560. The molecule has 0 radical (unpaired) electrons. The molecule has 0 bridgehead atoms. The van der Waals surface area contributed by atoms with Crippen LogP contribution in [0.3, 0.4) is 0 Å². The molecule has 0 aliphatic heterocycles. The Morgan fingerprint density at radius 1 is 1.83 bits per heavy atom. The molecule has 1 rings (SSSR count). The largest absolute Gasteiger partial charge is 0.235 e. The molecule has 0 aliphatic carbocycles. The fourth-order valence-electron chi connectivity index (χ4n) is 0.712. The number of carbonyl (C=O) groups excluding carboxylic acids is 1. The molecule has 0 amide bonds. The Morgan fingerprint density at radius 2 is 2.50 bits per heavy atom. The Labute approximate surface area is 87.4 Å². The van der Waals surface area contributed by atoms with Crippen LogP contribution >= 0.6 is 38.9 Å². The molecular weight excluding hydrogens is 262 g/mol. The predicted molar refractivity (Wildman–Crippen MR) is 53.6 cm³/mol. The smallest absolute Gasteiger partial charge is 0.211 e. The molecule has 12 heavy (non-hydrogen) atoms. The Morgan fingerprint density at radius 3 is 2.92 bits per heavy atom. The van der Waals surface area contributed by atoms with Crippen molar-refractivity contribution in [1.29, 1.82) is 0 Å². The van der Waals surface area contributed by atoms with Gasteiger partial charge in [-0.25, -0.2) is 4.79 Å². The topological polar surface area (TPSA) is 29.4 Å². The summed E-state index contributed by atoms with van der Waals surface area (Å²) in [6.07, 6.45) is 1.52. The molecule has 1 unspecified atom stereocenters. The van der Waals surface area contributed by atoms with Crippen molar-refractivity contribution >= 4 is 44.9 Å². The minimum Gasteiger partial charge on any atom is -0.211 e. The van der Waals surface area contributed by atoms with Gasteiger partial charge in [0.2, 0.25) is 6.08 Å². The molecule has 0 saturated heterocycles. The summed E-state index contributed by atoms with van der Waals surface area (Å²) < 4.78 is 1.52. The van der Waals surface area contributed by atoms with E-state index >= 15 is 0 Å². The summed E-state index contributed by atoms with van der Waals surface area (Å²) in [7, 11) is 0. The molecule has 64 valence electrons. The van der Waals surface area contributed by atoms with Crippen molar-refractivity contribution in [2.24, 2.45) is 4.99 Å². The van der Waals surface area contributed by atoms with E-state index in [-0.39, 0.29) is 6.04 Å². The summed E-state index contributed by atoms with van der Waals surface area (Å²) in [5.74, 6) is 0. The van der Waals surface area contributed by atoms with E-state index in [4.69, 9.17) is 11.6 Å². The highest BCUT2D eigenvalue weighted by molar-refractivity contribution is 9.10. The lowest BCUT2D eigenvalue weighted by atomic mass is 10.3. The standard InChI is InChI=1S/C7H5BrClNOS/c1-4(10-3-11)6-2-5(8)7(9)12-6/h2,4H,1H3. The summed E-state index contributed by atoms with van der Waals surface area (Å²) in [6.45, 7) is 1.82. The number of isocyanates is 1. The van der Waals surface area contributed by atoms with Crippen molar-refractivity contribution in [3.05, 3.63) is 19.8 Å². The van der Waals surface area contributed by atoms with E-state index in [1.54, 1.807) is 0 Å². The molecule has 0 aromatic carbocycles. The quantitative estimate of drug-likeness (QED) is 0.594. The number of nitrogens with zero attached hydrogens (tertiary/aromatic N) is 1. The SMILES string of the molecule is CC(N=C=O)c1cc(Br)c(Cl)s1. The third kappa shape index (κ3) is 2.17. The zero-order valence-electron chi connectivity index (χ0n) is 6.17. The second-order valence-corrected chi connectivity index (χ2v) is 4.71. The van der Waals surface area contributed by atoms with E-state index in [9.17, 15) is 4.79 Å². The maximum absolute atomic E-state index is 9.95. The van der Waals surface area contributed by atoms with Crippen LogP contribution in [0, 0.1) is 0 Å². The van der Waals surface area contributed by atoms with Crippen molar-refractivity contribution in [1.82, 2.24) is 0 Å². The summed E-state index contributed by atoms with van der Waals surface area (Å²) >= 11 is 10.5. The highest BCUT2D eigenvalue weighted by Gasteiger charge is 2.09. The summed E-state index contributed by atoms with van der Waals surface area (Å²) in [4.78, 5) is 14.5. The van der Waals surface area contributed by atoms with E-state index in [1.807, 2.05) is 13.0 Å². The average Bonchev–Trinajstić information content (AvgIpc) is 2.33. The lowest BCUT2D eigenvalue weighted by Gasteiger charge is -1.96. The van der Waals surface area contributed by atoms with Crippen molar-refractivity contribution in [2.45, 2.75) is 13.0 Å². The fraction of sp³-hybridized carbons (Fsp3) is 0.286. The summed E-state index contributed by atoms with van der Waals surface area (Å²) in [6, 6.07) is 1.70. The van der Waals surface area contributed by atoms with Gasteiger partial charge in [-0.3, -0.25) is 0 Å². The number of thiophene rings is 1. The maximum Gasteiger partial charge on any atom is 0.235 e. The first-order valence-corrected chi connectivity index (χ1v) is 5.15. The number of hydrogen-bond acceptors (Lipinski definition) is 3. The van der Waals surface area contributed by atoms with Gasteiger partial charge in [0.05, 0.1) is 6.04 Å². The van der Waals surface area contributed by atoms with Crippen LogP contribution in [0.25, 0.3) is 0 Å². The molecule has 1 aromatic heterocycles. The number of rotatable bonds is 2. The van der Waals surface area contributed by atoms with Gasteiger partial charge in [0.25, 0.3) is 0 Å². The molecule has 1 atom stereocenters. The van der Waals surface area contributed by atoms with Crippen molar-refractivity contribution in [2.75, 3.05) is 0 Å². The Bertz CT molecular complexity index is 313. The normalized spacial score (nSPS) is 12.2. The number of aliphatic imine (C=N–C) groups is 1. The minimum atomic E-state index is -0.156. The fourth-order valence-corrected chi connectivity index (χ4v) is 2.44. The van der Waals surface area contributed by atoms with Crippen molar-refractivity contribution in [3.63, 3.8) is 0 Å². The van der Waals surface area contributed by atoms with Gasteiger partial charge in [0.1, 0.15) is 4.34 Å². The second-order valence-electron chi connectivity index (χ2n) is 2.17. The van der Waals surface area contributed by atoms with Crippen LogP contribution in [-0.4, -0.2) is 6.08 Å². The van der Waals surface area contributed by atoms with Gasteiger partial charge in [-0.1, -0.05) is 11.6 Å². The predicted octanol–water partition coefficient (Wildman–Crippen LogP) is 3.56. The first-order chi connectivity index (χ1) is 5.65. The summed E-state index contributed by atoms with van der Waals surface area (Å²) in [5, 5.41) is 0. The van der Waals surface area contributed by atoms with E-state index < -0.39 is 0 Å². The van der Waals surface area contributed by atoms with Gasteiger partial charge >= 0.3 is 0 Å². The lowest BCUT2D eigenvalue weighted by Crippen LogP contribution is -1.82. The highest BCUT2D eigenvalue weighted by Crippen LogP contribution is 2.35. The molecule has 1 aromatic rings. The molecular formula is C7H5BrClNOS. The molecule has 0 spiro atoms. The molecule has 1 heterocycles. The first-order valence-electron chi connectivity index (χ1n) is 3.17. The minimum absolute atomic E-state index is 0.156. The third-order valence-electron chi connectivity index (χ3n) is 1.32.